The number of nitrogens with zero attached hydrogens (tertiary/aromatic N) is 3. The maximum Gasteiger partial charge on any atom is 0.349 e. The lowest BCUT2D eigenvalue weighted by atomic mass is 9.83. The van der Waals surface area contributed by atoms with E-state index in [9.17, 15) is 19.2 Å². The van der Waals surface area contributed by atoms with E-state index in [2.05, 4.69) is 20.9 Å². The van der Waals surface area contributed by atoms with Crippen LogP contribution in [0.25, 0.3) is 0 Å². The molecule has 1 saturated carbocycles. The normalized spacial score (nSPS) is 17.9. The molecule has 2 fully saturated rings. The fourth-order valence-electron chi connectivity index (χ4n) is 6.31. The van der Waals surface area contributed by atoms with Crippen LogP contribution >= 0.6 is 0 Å². The molecular weight excluding hydrogens is 606 g/mol. The van der Waals surface area contributed by atoms with Crippen LogP contribution in [-0.4, -0.2) is 78.7 Å². The summed E-state index contributed by atoms with van der Waals surface area (Å²) in [5.41, 5.74) is 0.401. The Morgan fingerprint density at radius 1 is 0.979 bits per heavy atom. The largest absolute Gasteiger partial charge is 0.353 e. The summed E-state index contributed by atoms with van der Waals surface area (Å²) in [7, 11) is 2.00. The Morgan fingerprint density at radius 3 is 2.26 bits per heavy atom. The number of piperazine rings is 1. The highest BCUT2D eigenvalue weighted by Crippen LogP contribution is 2.32. The van der Waals surface area contributed by atoms with E-state index in [0.717, 1.165) is 44.5 Å². The Bertz CT molecular complexity index is 1460. The fraction of sp³-hybridized carbons (Fsp3) is 0.514. The molecule has 0 unspecified atom stereocenters. The van der Waals surface area contributed by atoms with E-state index in [1.807, 2.05) is 7.05 Å². The third-order valence-corrected chi connectivity index (χ3v) is 9.16. The van der Waals surface area contributed by atoms with Gasteiger partial charge in [0.2, 0.25) is 17.7 Å². The van der Waals surface area contributed by atoms with Crippen molar-refractivity contribution in [3.8, 4) is 6.07 Å². The SMILES string of the molecule is CCC(=O)N[C@H](C)[C@@H](C(=O)N1CCN(C)CC1)c1ccc(NC(=O)[C@@H](NC(=O)C(F)(F)c2cccc(C#N)c2)C2CCCCC2)cc1. The number of benzene rings is 2. The van der Waals surface area contributed by atoms with Crippen molar-refractivity contribution in [3.05, 3.63) is 65.2 Å². The number of likely N-dealkylation sites (N-methyl/N-ethyl adjacent to an activating group) is 1. The van der Waals surface area contributed by atoms with E-state index in [4.69, 9.17) is 5.26 Å². The smallest absolute Gasteiger partial charge is 0.349 e. The number of carbonyl (C=O) groups is 4. The maximum absolute atomic E-state index is 15.3. The van der Waals surface area contributed by atoms with E-state index in [0.29, 0.717) is 37.2 Å². The molecule has 1 saturated heterocycles. The molecule has 2 aliphatic rings. The topological polar surface area (TPSA) is 135 Å². The highest BCUT2D eigenvalue weighted by molar-refractivity contribution is 5.98. The first kappa shape index (κ1) is 35.5. The van der Waals surface area contributed by atoms with E-state index in [-0.39, 0.29) is 29.7 Å². The molecule has 10 nitrogen and oxygen atoms in total. The van der Waals surface area contributed by atoms with Crippen LogP contribution < -0.4 is 16.0 Å². The molecule has 2 aromatic carbocycles. The van der Waals surface area contributed by atoms with Gasteiger partial charge in [0.1, 0.15) is 6.04 Å². The van der Waals surface area contributed by atoms with Gasteiger partial charge in [-0.25, -0.2) is 0 Å². The zero-order chi connectivity index (χ0) is 34.1. The van der Waals surface area contributed by atoms with E-state index in [1.165, 1.54) is 12.1 Å². The van der Waals surface area contributed by atoms with Crippen LogP contribution in [0.2, 0.25) is 0 Å². The highest BCUT2D eigenvalue weighted by atomic mass is 19.3. The number of alkyl halides is 2. The monoisotopic (exact) mass is 650 g/mol. The standard InChI is InChI=1S/C35H44F2N6O4/c1-4-29(44)39-23(2)30(33(46)43-19-17-42(3)18-20-43)25-13-15-28(16-14-25)40-32(45)31(26-10-6-5-7-11-26)41-34(47)35(36,37)27-12-8-9-24(21-27)22-38/h8-9,12-16,21,23,26,30-31H,4-7,10-11,17-20H2,1-3H3,(H,39,44)(H,40,45)(H,41,47)/t23-,30-,31+/m1/s1. The zero-order valence-corrected chi connectivity index (χ0v) is 27.2. The number of amides is 4. The van der Waals surface area contributed by atoms with Gasteiger partial charge in [-0.1, -0.05) is 50.5 Å². The molecular formula is C35H44F2N6O4. The lowest BCUT2D eigenvalue weighted by Crippen LogP contribution is -2.52. The second-order valence-electron chi connectivity index (χ2n) is 12.5. The van der Waals surface area contributed by atoms with Gasteiger partial charge in [0, 0.05) is 49.9 Å². The van der Waals surface area contributed by atoms with Crippen molar-refractivity contribution in [1.29, 1.82) is 5.26 Å². The van der Waals surface area contributed by atoms with Gasteiger partial charge in [0.25, 0.3) is 5.91 Å². The molecule has 3 N–H and O–H groups in total. The van der Waals surface area contributed by atoms with Gasteiger partial charge in [0.05, 0.1) is 17.6 Å². The van der Waals surface area contributed by atoms with Gasteiger partial charge >= 0.3 is 5.92 Å². The van der Waals surface area contributed by atoms with Crippen LogP contribution in [-0.2, 0) is 25.1 Å². The first-order chi connectivity index (χ1) is 22.4. The quantitative estimate of drug-likeness (QED) is 0.335. The minimum atomic E-state index is -3.96. The van der Waals surface area contributed by atoms with Crippen molar-refractivity contribution < 1.29 is 28.0 Å². The van der Waals surface area contributed by atoms with Crippen molar-refractivity contribution in [1.82, 2.24) is 20.4 Å². The third-order valence-electron chi connectivity index (χ3n) is 9.16. The molecule has 4 rings (SSSR count). The minimum Gasteiger partial charge on any atom is -0.353 e. The molecule has 2 aromatic rings. The molecule has 0 bridgehead atoms. The second-order valence-corrected chi connectivity index (χ2v) is 12.5. The summed E-state index contributed by atoms with van der Waals surface area (Å²) in [5.74, 6) is -7.44. The summed E-state index contributed by atoms with van der Waals surface area (Å²) in [5, 5.41) is 17.1. The zero-order valence-electron chi connectivity index (χ0n) is 27.2. The van der Waals surface area contributed by atoms with E-state index >= 15 is 8.78 Å². The van der Waals surface area contributed by atoms with Gasteiger partial charge in [-0.2, -0.15) is 14.0 Å². The molecule has 1 aliphatic carbocycles. The first-order valence-corrected chi connectivity index (χ1v) is 16.3. The predicted octanol–water partition coefficient (Wildman–Crippen LogP) is 4.13. The fourth-order valence-corrected chi connectivity index (χ4v) is 6.31. The van der Waals surface area contributed by atoms with Gasteiger partial charge < -0.3 is 25.8 Å². The van der Waals surface area contributed by atoms with Crippen LogP contribution in [0.3, 0.4) is 0 Å². The van der Waals surface area contributed by atoms with Gasteiger partial charge in [-0.05, 0) is 62.6 Å². The Balaban J connectivity index is 1.53. The molecule has 1 heterocycles. The van der Waals surface area contributed by atoms with Crippen molar-refractivity contribution >= 4 is 29.3 Å². The molecule has 47 heavy (non-hydrogen) atoms. The van der Waals surface area contributed by atoms with Crippen LogP contribution in [0.15, 0.2) is 48.5 Å². The van der Waals surface area contributed by atoms with Gasteiger partial charge in [-0.15, -0.1) is 0 Å². The molecule has 0 aromatic heterocycles. The van der Waals surface area contributed by atoms with Crippen LogP contribution in [0.4, 0.5) is 14.5 Å². The number of anilines is 1. The van der Waals surface area contributed by atoms with Crippen molar-refractivity contribution in [2.45, 2.75) is 76.3 Å². The maximum atomic E-state index is 15.3. The Hall–Kier alpha value is -4.37. The summed E-state index contributed by atoms with van der Waals surface area (Å²) < 4.78 is 30.6. The second kappa shape index (κ2) is 16.0. The van der Waals surface area contributed by atoms with Crippen molar-refractivity contribution in [2.24, 2.45) is 5.92 Å². The first-order valence-electron chi connectivity index (χ1n) is 16.3. The summed E-state index contributed by atoms with van der Waals surface area (Å²) in [6.45, 7) is 6.18. The number of hydrogen-bond acceptors (Lipinski definition) is 6. The highest BCUT2D eigenvalue weighted by Gasteiger charge is 2.44. The third kappa shape index (κ3) is 8.92. The minimum absolute atomic E-state index is 0.00500. The van der Waals surface area contributed by atoms with Crippen LogP contribution in [0.5, 0.6) is 0 Å². The number of halogens is 2. The summed E-state index contributed by atoms with van der Waals surface area (Å²) in [4.78, 5) is 56.5. The summed E-state index contributed by atoms with van der Waals surface area (Å²) in [6.07, 6.45) is 4.07. The number of nitrogens with one attached hydrogen (secondary N) is 3. The van der Waals surface area contributed by atoms with Crippen LogP contribution in [0.1, 0.15) is 75.0 Å². The van der Waals surface area contributed by atoms with Crippen LogP contribution in [0, 0.1) is 17.2 Å². The molecule has 0 spiro atoms. The Labute approximate surface area is 274 Å². The van der Waals surface area contributed by atoms with Gasteiger partial charge in [0.15, 0.2) is 0 Å². The Morgan fingerprint density at radius 2 is 1.64 bits per heavy atom. The lowest BCUT2D eigenvalue weighted by molar-refractivity contribution is -0.149. The average Bonchev–Trinajstić information content (AvgIpc) is 3.08. The lowest BCUT2D eigenvalue weighted by Gasteiger charge is -2.36. The number of rotatable bonds is 11. The van der Waals surface area contributed by atoms with Crippen molar-refractivity contribution in [2.75, 3.05) is 38.5 Å². The number of hydrogen-bond donors (Lipinski definition) is 3. The molecule has 4 amide bonds. The summed E-state index contributed by atoms with van der Waals surface area (Å²) in [6, 6.07) is 11.5. The van der Waals surface area contributed by atoms with Gasteiger partial charge in [-0.3, -0.25) is 19.2 Å². The molecule has 3 atom stereocenters. The Kier molecular flexibility index (Phi) is 12.0. The molecule has 252 valence electrons. The number of carbonyl (C=O) groups excluding carboxylic acids is 4. The number of nitriles is 1. The summed E-state index contributed by atoms with van der Waals surface area (Å²) >= 11 is 0. The predicted molar refractivity (Wildman–Crippen MR) is 173 cm³/mol. The molecule has 0 radical (unpaired) electrons. The molecule has 12 heteroatoms. The van der Waals surface area contributed by atoms with E-state index in [1.54, 1.807) is 49.1 Å². The molecule has 1 aliphatic heterocycles. The van der Waals surface area contributed by atoms with E-state index < -0.39 is 41.3 Å². The van der Waals surface area contributed by atoms with Crippen molar-refractivity contribution in [3.63, 3.8) is 0 Å². The average molecular weight is 651 g/mol.